The number of anilines is 2. The van der Waals surface area contributed by atoms with E-state index in [0.717, 1.165) is 22.3 Å². The van der Waals surface area contributed by atoms with Crippen molar-refractivity contribution in [1.82, 2.24) is 15.2 Å². The molecule has 0 bridgehead atoms. The van der Waals surface area contributed by atoms with Crippen molar-refractivity contribution in [3.63, 3.8) is 0 Å². The first-order chi connectivity index (χ1) is 19.0. The number of halogens is 1. The van der Waals surface area contributed by atoms with Crippen molar-refractivity contribution in [2.45, 2.75) is 13.0 Å². The van der Waals surface area contributed by atoms with Crippen LogP contribution in [0.4, 0.5) is 20.7 Å². The van der Waals surface area contributed by atoms with Gasteiger partial charge in [0.15, 0.2) is 5.82 Å². The predicted octanol–water partition coefficient (Wildman–Crippen LogP) is 6.21. The van der Waals surface area contributed by atoms with Gasteiger partial charge in [-0.3, -0.25) is 20.2 Å². The van der Waals surface area contributed by atoms with Crippen LogP contribution in [0.2, 0.25) is 0 Å². The molecule has 3 N–H and O–H groups in total. The van der Waals surface area contributed by atoms with Gasteiger partial charge in [-0.05, 0) is 65.2 Å². The standard InChI is InChI=1S/C30H24FN5O3/c31-24-10-8-23(9-11-24)28-27(22-14-16-32-17-15-22)29(36-35-28)34-26(37)18-20-6-12-25(13-7-20)33-30(38)39-19-21-4-2-1-3-5-21/h1-17H,18-19H2,(H,33,38)(H2,34,35,36,37). The minimum atomic E-state index is -0.566. The Labute approximate surface area is 223 Å². The number of rotatable bonds is 8. The minimum absolute atomic E-state index is 0.0905. The second-order valence-corrected chi connectivity index (χ2v) is 8.67. The zero-order chi connectivity index (χ0) is 27.0. The number of hydrogen-bond acceptors (Lipinski definition) is 5. The largest absolute Gasteiger partial charge is 0.444 e. The summed E-state index contributed by atoms with van der Waals surface area (Å²) in [6.07, 6.45) is 2.82. The molecule has 0 fully saturated rings. The minimum Gasteiger partial charge on any atom is -0.444 e. The van der Waals surface area contributed by atoms with Gasteiger partial charge in [0.2, 0.25) is 5.91 Å². The second-order valence-electron chi connectivity index (χ2n) is 8.67. The third kappa shape index (κ3) is 6.53. The number of ether oxygens (including phenoxy) is 1. The molecule has 194 valence electrons. The van der Waals surface area contributed by atoms with Crippen molar-refractivity contribution in [3.8, 4) is 22.4 Å². The molecule has 0 unspecified atom stereocenters. The number of H-pyrrole nitrogens is 1. The number of carbonyl (C=O) groups is 2. The zero-order valence-corrected chi connectivity index (χ0v) is 20.7. The SMILES string of the molecule is O=C(Cc1ccc(NC(=O)OCc2ccccc2)cc1)Nc1n[nH]c(-c2ccc(F)cc2)c1-c1ccncc1. The van der Waals surface area contributed by atoms with Crippen molar-refractivity contribution in [1.29, 1.82) is 0 Å². The van der Waals surface area contributed by atoms with E-state index in [1.54, 1.807) is 48.8 Å². The van der Waals surface area contributed by atoms with Crippen LogP contribution in [0.25, 0.3) is 22.4 Å². The van der Waals surface area contributed by atoms with Gasteiger partial charge in [0.05, 0.1) is 17.7 Å². The number of nitrogens with zero attached hydrogens (tertiary/aromatic N) is 2. The molecule has 2 amide bonds. The molecule has 3 aromatic carbocycles. The van der Waals surface area contributed by atoms with Crippen LogP contribution in [0.1, 0.15) is 11.1 Å². The normalized spacial score (nSPS) is 10.6. The maximum absolute atomic E-state index is 13.5. The molecule has 5 rings (SSSR count). The molecule has 0 spiro atoms. The van der Waals surface area contributed by atoms with Gasteiger partial charge in [-0.15, -0.1) is 0 Å². The maximum atomic E-state index is 13.5. The van der Waals surface area contributed by atoms with E-state index >= 15 is 0 Å². The average molecular weight is 522 g/mol. The highest BCUT2D eigenvalue weighted by Gasteiger charge is 2.19. The Bertz CT molecular complexity index is 1550. The Morgan fingerprint density at radius 3 is 2.23 bits per heavy atom. The highest BCUT2D eigenvalue weighted by molar-refractivity contribution is 5.98. The quantitative estimate of drug-likeness (QED) is 0.225. The molecule has 5 aromatic rings. The molecule has 2 aromatic heterocycles. The van der Waals surface area contributed by atoms with Crippen molar-refractivity contribution in [3.05, 3.63) is 120 Å². The van der Waals surface area contributed by atoms with Crippen LogP contribution in [0, 0.1) is 5.82 Å². The van der Waals surface area contributed by atoms with Gasteiger partial charge < -0.3 is 10.1 Å². The Morgan fingerprint density at radius 2 is 1.51 bits per heavy atom. The van der Waals surface area contributed by atoms with E-state index in [1.807, 2.05) is 42.5 Å². The van der Waals surface area contributed by atoms with Crippen LogP contribution in [0.15, 0.2) is 103 Å². The first-order valence-electron chi connectivity index (χ1n) is 12.2. The van der Waals surface area contributed by atoms with Crippen molar-refractivity contribution in [2.24, 2.45) is 0 Å². The van der Waals surface area contributed by atoms with E-state index < -0.39 is 6.09 Å². The number of aromatic nitrogens is 3. The highest BCUT2D eigenvalue weighted by atomic mass is 19.1. The van der Waals surface area contributed by atoms with Gasteiger partial charge in [0.25, 0.3) is 0 Å². The summed E-state index contributed by atoms with van der Waals surface area (Å²) in [7, 11) is 0. The average Bonchev–Trinajstić information content (AvgIpc) is 3.37. The molecular formula is C30H24FN5O3. The lowest BCUT2D eigenvalue weighted by Gasteiger charge is -2.09. The van der Waals surface area contributed by atoms with E-state index in [0.29, 0.717) is 22.8 Å². The zero-order valence-electron chi connectivity index (χ0n) is 20.7. The highest BCUT2D eigenvalue weighted by Crippen LogP contribution is 2.36. The second kappa shape index (κ2) is 11.8. The fraction of sp³-hybridized carbons (Fsp3) is 0.0667. The molecule has 0 saturated heterocycles. The maximum Gasteiger partial charge on any atom is 0.411 e. The van der Waals surface area contributed by atoms with Crippen LogP contribution in [-0.4, -0.2) is 27.2 Å². The summed E-state index contributed by atoms with van der Waals surface area (Å²) < 4.78 is 18.7. The molecule has 2 heterocycles. The topological polar surface area (TPSA) is 109 Å². The van der Waals surface area contributed by atoms with Gasteiger partial charge >= 0.3 is 6.09 Å². The Balaban J connectivity index is 1.24. The van der Waals surface area contributed by atoms with Gasteiger partial charge in [-0.1, -0.05) is 42.5 Å². The number of hydrogen-bond donors (Lipinski definition) is 3. The Hall–Kier alpha value is -5.31. The van der Waals surface area contributed by atoms with E-state index in [2.05, 4.69) is 25.8 Å². The number of pyridine rings is 1. The lowest BCUT2D eigenvalue weighted by atomic mass is 10.0. The van der Waals surface area contributed by atoms with Crippen molar-refractivity contribution in [2.75, 3.05) is 10.6 Å². The van der Waals surface area contributed by atoms with E-state index in [1.165, 1.54) is 12.1 Å². The summed E-state index contributed by atoms with van der Waals surface area (Å²) in [6, 6.07) is 26.0. The van der Waals surface area contributed by atoms with E-state index in [9.17, 15) is 14.0 Å². The summed E-state index contributed by atoms with van der Waals surface area (Å²) in [5, 5.41) is 12.8. The summed E-state index contributed by atoms with van der Waals surface area (Å²) in [6.45, 7) is 0.169. The van der Waals surface area contributed by atoms with Crippen molar-refractivity contribution >= 4 is 23.5 Å². The Morgan fingerprint density at radius 1 is 0.795 bits per heavy atom. The van der Waals surface area contributed by atoms with Gasteiger partial charge in [-0.2, -0.15) is 5.10 Å². The van der Waals surface area contributed by atoms with Crippen LogP contribution in [0.3, 0.4) is 0 Å². The first-order valence-corrected chi connectivity index (χ1v) is 12.2. The third-order valence-corrected chi connectivity index (χ3v) is 5.90. The molecule has 0 aliphatic heterocycles. The fourth-order valence-corrected chi connectivity index (χ4v) is 4.00. The number of carbonyl (C=O) groups excluding carboxylic acids is 2. The molecule has 0 aliphatic carbocycles. The van der Waals surface area contributed by atoms with Gasteiger partial charge in [0, 0.05) is 23.6 Å². The number of amides is 2. The molecule has 9 heteroatoms. The molecule has 0 radical (unpaired) electrons. The van der Waals surface area contributed by atoms with E-state index in [-0.39, 0.29) is 24.8 Å². The molecule has 0 atom stereocenters. The van der Waals surface area contributed by atoms with Crippen LogP contribution < -0.4 is 10.6 Å². The predicted molar refractivity (Wildman–Crippen MR) is 146 cm³/mol. The van der Waals surface area contributed by atoms with E-state index in [4.69, 9.17) is 4.74 Å². The van der Waals surface area contributed by atoms with Crippen molar-refractivity contribution < 1.29 is 18.7 Å². The monoisotopic (exact) mass is 521 g/mol. The Kier molecular flexibility index (Phi) is 7.68. The lowest BCUT2D eigenvalue weighted by Crippen LogP contribution is -2.16. The number of nitrogens with one attached hydrogen (secondary N) is 3. The van der Waals surface area contributed by atoms with Crippen LogP contribution in [-0.2, 0) is 22.6 Å². The summed E-state index contributed by atoms with van der Waals surface area (Å²) in [4.78, 5) is 29.1. The van der Waals surface area contributed by atoms with Crippen LogP contribution >= 0.6 is 0 Å². The molecule has 39 heavy (non-hydrogen) atoms. The number of benzene rings is 3. The van der Waals surface area contributed by atoms with Gasteiger partial charge in [0.1, 0.15) is 12.4 Å². The van der Waals surface area contributed by atoms with Crippen LogP contribution in [0.5, 0.6) is 0 Å². The molecule has 8 nitrogen and oxygen atoms in total. The first kappa shape index (κ1) is 25.3. The molecule has 0 saturated carbocycles. The number of aromatic amines is 1. The lowest BCUT2D eigenvalue weighted by molar-refractivity contribution is -0.115. The summed E-state index contributed by atoms with van der Waals surface area (Å²) in [5.41, 5.74) is 5.02. The van der Waals surface area contributed by atoms with Gasteiger partial charge in [-0.25, -0.2) is 9.18 Å². The smallest absolute Gasteiger partial charge is 0.411 e. The molecular weight excluding hydrogens is 497 g/mol. The molecule has 0 aliphatic rings. The third-order valence-electron chi connectivity index (χ3n) is 5.90. The fourth-order valence-electron chi connectivity index (χ4n) is 4.00. The summed E-state index contributed by atoms with van der Waals surface area (Å²) in [5.74, 6) is -0.266. The summed E-state index contributed by atoms with van der Waals surface area (Å²) >= 11 is 0.